The van der Waals surface area contributed by atoms with Gasteiger partial charge in [-0.3, -0.25) is 9.69 Å². The summed E-state index contributed by atoms with van der Waals surface area (Å²) >= 11 is 0. The van der Waals surface area contributed by atoms with Crippen molar-refractivity contribution in [2.75, 3.05) is 25.2 Å². The molecule has 1 fully saturated rings. The number of pyridine rings is 1. The van der Waals surface area contributed by atoms with Crippen molar-refractivity contribution in [1.82, 2.24) is 14.8 Å². The molecular weight excluding hydrogens is 492 g/mol. The van der Waals surface area contributed by atoms with Gasteiger partial charge in [0, 0.05) is 24.5 Å². The molecule has 0 saturated carbocycles. The van der Waals surface area contributed by atoms with Gasteiger partial charge in [0.2, 0.25) is 5.88 Å². The van der Waals surface area contributed by atoms with Crippen LogP contribution in [0, 0.1) is 0 Å². The molecule has 1 saturated heterocycles. The topological polar surface area (TPSA) is 125 Å². The van der Waals surface area contributed by atoms with Gasteiger partial charge in [0.05, 0.1) is 25.9 Å². The number of morpholine rings is 1. The SMILES string of the molecule is COc1ccc(COc2cc(-n3ccc(N4CCO[C@H]([C@@](C)(O)C(=O)OC(C)(C)C)C4=O)n3)ccn2)cc1. The van der Waals surface area contributed by atoms with E-state index in [1.165, 1.54) is 11.8 Å². The average Bonchev–Trinajstić information content (AvgIpc) is 3.37. The zero-order valence-electron chi connectivity index (χ0n) is 22.1. The molecule has 1 N–H and O–H groups in total. The van der Waals surface area contributed by atoms with Crippen LogP contribution in [0.4, 0.5) is 5.82 Å². The van der Waals surface area contributed by atoms with Crippen molar-refractivity contribution in [2.45, 2.75) is 51.6 Å². The molecule has 1 aliphatic rings. The molecule has 11 nitrogen and oxygen atoms in total. The molecule has 1 amide bonds. The third kappa shape index (κ3) is 6.12. The molecule has 38 heavy (non-hydrogen) atoms. The molecule has 3 heterocycles. The lowest BCUT2D eigenvalue weighted by molar-refractivity contribution is -0.194. The third-order valence-electron chi connectivity index (χ3n) is 5.79. The number of methoxy groups -OCH3 is 1. The number of benzene rings is 1. The molecule has 11 heteroatoms. The van der Waals surface area contributed by atoms with Gasteiger partial charge < -0.3 is 24.1 Å². The zero-order valence-corrected chi connectivity index (χ0v) is 22.1. The summed E-state index contributed by atoms with van der Waals surface area (Å²) in [5, 5.41) is 15.4. The number of nitrogens with zero attached hydrogens (tertiary/aromatic N) is 4. The highest BCUT2D eigenvalue weighted by atomic mass is 16.6. The van der Waals surface area contributed by atoms with Crippen LogP contribution in [-0.4, -0.2) is 69.3 Å². The number of hydrogen-bond donors (Lipinski definition) is 1. The summed E-state index contributed by atoms with van der Waals surface area (Å²) in [7, 11) is 1.61. The molecule has 2 aromatic heterocycles. The molecule has 0 radical (unpaired) electrons. The first kappa shape index (κ1) is 27.1. The van der Waals surface area contributed by atoms with E-state index in [4.69, 9.17) is 18.9 Å². The maximum atomic E-state index is 13.2. The Morgan fingerprint density at radius 2 is 1.89 bits per heavy atom. The fourth-order valence-corrected chi connectivity index (χ4v) is 3.80. The summed E-state index contributed by atoms with van der Waals surface area (Å²) in [5.41, 5.74) is -1.37. The summed E-state index contributed by atoms with van der Waals surface area (Å²) in [4.78, 5) is 31.5. The number of carbonyl (C=O) groups excluding carboxylic acids is 2. The van der Waals surface area contributed by atoms with Gasteiger partial charge in [-0.2, -0.15) is 0 Å². The lowest BCUT2D eigenvalue weighted by atomic mass is 9.96. The predicted octanol–water partition coefficient (Wildman–Crippen LogP) is 2.68. The van der Waals surface area contributed by atoms with Crippen molar-refractivity contribution in [3.8, 4) is 17.3 Å². The Kier molecular flexibility index (Phi) is 7.70. The van der Waals surface area contributed by atoms with Gasteiger partial charge in [0.15, 0.2) is 17.5 Å². The van der Waals surface area contributed by atoms with E-state index < -0.39 is 29.2 Å². The van der Waals surface area contributed by atoms with E-state index >= 15 is 0 Å². The van der Waals surface area contributed by atoms with Crippen molar-refractivity contribution < 1.29 is 33.6 Å². The van der Waals surface area contributed by atoms with Gasteiger partial charge in [-0.05, 0) is 51.5 Å². The minimum absolute atomic E-state index is 0.112. The van der Waals surface area contributed by atoms with Crippen molar-refractivity contribution in [1.29, 1.82) is 0 Å². The standard InChI is InChI=1S/C27H32N4O7/c1-26(2,3)38-25(33)27(4,34)23-24(32)30(14-15-36-23)21-11-13-31(29-21)19-10-12-28-22(16-19)37-17-18-6-8-20(35-5)9-7-18/h6-13,16,23,34H,14-15,17H2,1-5H3/t23-,27+/m0/s1. The summed E-state index contributed by atoms with van der Waals surface area (Å²) < 4.78 is 23.4. The van der Waals surface area contributed by atoms with Gasteiger partial charge in [0.25, 0.3) is 5.91 Å². The van der Waals surface area contributed by atoms with Crippen molar-refractivity contribution >= 4 is 17.7 Å². The van der Waals surface area contributed by atoms with Crippen LogP contribution in [-0.2, 0) is 25.7 Å². The molecule has 3 aromatic rings. The van der Waals surface area contributed by atoms with Crippen molar-refractivity contribution in [3.63, 3.8) is 0 Å². The number of amides is 1. The van der Waals surface area contributed by atoms with E-state index in [0.717, 1.165) is 11.3 Å². The van der Waals surface area contributed by atoms with Crippen LogP contribution in [0.25, 0.3) is 5.69 Å². The van der Waals surface area contributed by atoms with Gasteiger partial charge in [0.1, 0.15) is 18.0 Å². The Morgan fingerprint density at radius 1 is 1.16 bits per heavy atom. The highest BCUT2D eigenvalue weighted by Gasteiger charge is 2.50. The smallest absolute Gasteiger partial charge is 0.341 e. The van der Waals surface area contributed by atoms with Crippen LogP contribution < -0.4 is 14.4 Å². The number of carbonyl (C=O) groups is 2. The van der Waals surface area contributed by atoms with Crippen LogP contribution >= 0.6 is 0 Å². The number of esters is 1. The van der Waals surface area contributed by atoms with Gasteiger partial charge >= 0.3 is 5.97 Å². The molecule has 0 bridgehead atoms. The van der Waals surface area contributed by atoms with Crippen LogP contribution in [0.15, 0.2) is 54.9 Å². The van der Waals surface area contributed by atoms with Crippen molar-refractivity contribution in [2.24, 2.45) is 0 Å². The number of hydrogen-bond acceptors (Lipinski definition) is 9. The molecule has 2 atom stereocenters. The highest BCUT2D eigenvalue weighted by molar-refractivity contribution is 6.01. The minimum atomic E-state index is -2.17. The zero-order chi connectivity index (χ0) is 27.5. The summed E-state index contributed by atoms with van der Waals surface area (Å²) in [5.74, 6) is -0.000684. The van der Waals surface area contributed by atoms with Gasteiger partial charge in [-0.1, -0.05) is 12.1 Å². The second-order valence-electron chi connectivity index (χ2n) is 10.00. The van der Waals surface area contributed by atoms with Gasteiger partial charge in [-0.15, -0.1) is 5.10 Å². The highest BCUT2D eigenvalue weighted by Crippen LogP contribution is 2.27. The Bertz CT molecular complexity index is 1280. The van der Waals surface area contributed by atoms with Crippen LogP contribution in [0.2, 0.25) is 0 Å². The number of aromatic nitrogens is 3. The molecule has 0 aliphatic carbocycles. The fraction of sp³-hybridized carbons (Fsp3) is 0.407. The number of aliphatic hydroxyl groups is 1. The largest absolute Gasteiger partial charge is 0.497 e. The van der Waals surface area contributed by atoms with E-state index in [1.807, 2.05) is 24.3 Å². The number of rotatable bonds is 8. The van der Waals surface area contributed by atoms with E-state index in [0.29, 0.717) is 24.0 Å². The molecular formula is C27H32N4O7. The van der Waals surface area contributed by atoms with Crippen molar-refractivity contribution in [3.05, 3.63) is 60.4 Å². The first-order valence-electron chi connectivity index (χ1n) is 12.1. The average molecular weight is 525 g/mol. The Morgan fingerprint density at radius 3 is 2.58 bits per heavy atom. The molecule has 4 rings (SSSR count). The van der Waals surface area contributed by atoms with Gasteiger partial charge in [-0.25, -0.2) is 14.5 Å². The predicted molar refractivity (Wildman–Crippen MR) is 137 cm³/mol. The normalized spacial score (nSPS) is 17.6. The Hall–Kier alpha value is -3.96. The first-order chi connectivity index (χ1) is 18.0. The molecule has 202 valence electrons. The lowest BCUT2D eigenvalue weighted by Crippen LogP contribution is -2.61. The quantitative estimate of drug-likeness (QED) is 0.443. The maximum absolute atomic E-state index is 13.2. The van der Waals surface area contributed by atoms with Crippen LogP contribution in [0.1, 0.15) is 33.3 Å². The second-order valence-corrected chi connectivity index (χ2v) is 10.00. The number of anilines is 1. The van der Waals surface area contributed by atoms with E-state index in [9.17, 15) is 14.7 Å². The van der Waals surface area contributed by atoms with Crippen LogP contribution in [0.3, 0.4) is 0 Å². The van der Waals surface area contributed by atoms with Crippen LogP contribution in [0.5, 0.6) is 11.6 Å². The van der Waals surface area contributed by atoms with E-state index in [1.54, 1.807) is 63.2 Å². The Labute approximate surface area is 220 Å². The third-order valence-corrected chi connectivity index (χ3v) is 5.79. The van der Waals surface area contributed by atoms with E-state index in [-0.39, 0.29) is 13.2 Å². The maximum Gasteiger partial charge on any atom is 0.341 e. The summed E-state index contributed by atoms with van der Waals surface area (Å²) in [6.45, 7) is 6.90. The molecule has 1 aliphatic heterocycles. The first-order valence-corrected chi connectivity index (χ1v) is 12.1. The Balaban J connectivity index is 1.46. The molecule has 0 spiro atoms. The van der Waals surface area contributed by atoms with E-state index in [2.05, 4.69) is 10.1 Å². The summed E-state index contributed by atoms with van der Waals surface area (Å²) in [6, 6.07) is 12.7. The monoisotopic (exact) mass is 524 g/mol. The lowest BCUT2D eigenvalue weighted by Gasteiger charge is -2.38. The molecule has 1 aromatic carbocycles. The second kappa shape index (κ2) is 10.8. The number of ether oxygens (including phenoxy) is 4. The summed E-state index contributed by atoms with van der Waals surface area (Å²) in [6.07, 6.45) is 1.87. The minimum Gasteiger partial charge on any atom is -0.497 e. The molecule has 0 unspecified atom stereocenters. The fourth-order valence-electron chi connectivity index (χ4n) is 3.80.